The molecule has 1 rings (SSSR count). The van der Waals surface area contributed by atoms with E-state index in [1.54, 1.807) is 6.92 Å². The van der Waals surface area contributed by atoms with Gasteiger partial charge in [-0.3, -0.25) is 4.79 Å². The molecular weight excluding hydrogens is 265 g/mol. The van der Waals surface area contributed by atoms with Crippen molar-refractivity contribution in [3.8, 4) is 11.5 Å². The van der Waals surface area contributed by atoms with Gasteiger partial charge in [-0.1, -0.05) is 0 Å². The molecule has 0 bridgehead atoms. The summed E-state index contributed by atoms with van der Waals surface area (Å²) in [6.07, 6.45) is -4.76. The quantitative estimate of drug-likeness (QED) is 0.841. The van der Waals surface area contributed by atoms with Crippen LogP contribution in [-0.4, -0.2) is 24.0 Å². The minimum Gasteiger partial charge on any atom is -0.508 e. The van der Waals surface area contributed by atoms with Gasteiger partial charge in [-0.15, -0.1) is 13.2 Å². The summed E-state index contributed by atoms with van der Waals surface area (Å²) < 4.78 is 44.5. The number of aryl methyl sites for hydroxylation is 1. The van der Waals surface area contributed by atoms with Crippen molar-refractivity contribution >= 4 is 5.97 Å². The first-order valence-electron chi connectivity index (χ1n) is 5.55. The molecule has 4 nitrogen and oxygen atoms in total. The van der Waals surface area contributed by atoms with E-state index < -0.39 is 18.1 Å². The molecule has 0 aliphatic carbocycles. The van der Waals surface area contributed by atoms with E-state index in [4.69, 9.17) is 0 Å². The summed E-state index contributed by atoms with van der Waals surface area (Å²) in [5.74, 6) is -1.12. The van der Waals surface area contributed by atoms with Gasteiger partial charge in [-0.25, -0.2) is 0 Å². The smallest absolute Gasteiger partial charge is 0.508 e. The lowest BCUT2D eigenvalue weighted by atomic mass is 10.1. The highest BCUT2D eigenvalue weighted by molar-refractivity contribution is 5.69. The number of aromatic hydroxyl groups is 1. The summed E-state index contributed by atoms with van der Waals surface area (Å²) in [7, 11) is 0. The van der Waals surface area contributed by atoms with E-state index >= 15 is 0 Å². The van der Waals surface area contributed by atoms with Gasteiger partial charge in [-0.2, -0.15) is 0 Å². The molecule has 0 atom stereocenters. The number of phenolic OH excluding ortho intramolecular Hbond substituents is 1. The molecule has 0 unspecified atom stereocenters. The Morgan fingerprint density at radius 2 is 2.05 bits per heavy atom. The van der Waals surface area contributed by atoms with Crippen LogP contribution in [0, 0.1) is 0 Å². The fourth-order valence-corrected chi connectivity index (χ4v) is 1.43. The zero-order chi connectivity index (χ0) is 14.5. The topological polar surface area (TPSA) is 55.8 Å². The molecule has 0 fully saturated rings. The van der Waals surface area contributed by atoms with Crippen LogP contribution in [0.5, 0.6) is 11.5 Å². The van der Waals surface area contributed by atoms with Gasteiger partial charge in [0, 0.05) is 6.42 Å². The molecule has 0 saturated heterocycles. The standard InChI is InChI=1S/C12H13F3O4/c1-2-18-11(17)6-3-8-7-9(4-5-10(8)16)19-12(13,14)15/h4-5,7,16H,2-3,6H2,1H3. The van der Waals surface area contributed by atoms with Gasteiger partial charge in [0.1, 0.15) is 11.5 Å². The van der Waals surface area contributed by atoms with Crippen LogP contribution in [0.25, 0.3) is 0 Å². The van der Waals surface area contributed by atoms with Crippen LogP contribution in [-0.2, 0) is 16.0 Å². The third-order valence-corrected chi connectivity index (χ3v) is 2.19. The monoisotopic (exact) mass is 278 g/mol. The predicted molar refractivity (Wildman–Crippen MR) is 59.7 cm³/mol. The highest BCUT2D eigenvalue weighted by Gasteiger charge is 2.31. The summed E-state index contributed by atoms with van der Waals surface area (Å²) in [6.45, 7) is 1.87. The van der Waals surface area contributed by atoms with Gasteiger partial charge in [0.25, 0.3) is 0 Å². The van der Waals surface area contributed by atoms with Gasteiger partial charge in [0.15, 0.2) is 0 Å². The fourth-order valence-electron chi connectivity index (χ4n) is 1.43. The van der Waals surface area contributed by atoms with Crippen molar-refractivity contribution < 1.29 is 32.5 Å². The number of halogens is 3. The van der Waals surface area contributed by atoms with E-state index in [9.17, 15) is 23.1 Å². The Kier molecular flexibility index (Phi) is 5.02. The zero-order valence-electron chi connectivity index (χ0n) is 10.2. The lowest BCUT2D eigenvalue weighted by molar-refractivity contribution is -0.274. The average Bonchev–Trinajstić information content (AvgIpc) is 2.28. The molecule has 0 aliphatic rings. The molecule has 7 heteroatoms. The number of hydrogen-bond donors (Lipinski definition) is 1. The van der Waals surface area contributed by atoms with Crippen LogP contribution in [0.15, 0.2) is 18.2 Å². The largest absolute Gasteiger partial charge is 0.573 e. The maximum atomic E-state index is 12.0. The number of carbonyl (C=O) groups is 1. The predicted octanol–water partition coefficient (Wildman–Crippen LogP) is 2.79. The Balaban J connectivity index is 2.72. The third kappa shape index (κ3) is 5.50. The van der Waals surface area contributed by atoms with Gasteiger partial charge < -0.3 is 14.6 Å². The van der Waals surface area contributed by atoms with E-state index in [0.717, 1.165) is 18.2 Å². The molecule has 0 heterocycles. The van der Waals surface area contributed by atoms with Gasteiger partial charge >= 0.3 is 12.3 Å². The number of phenols is 1. The molecule has 19 heavy (non-hydrogen) atoms. The minimum atomic E-state index is -4.80. The van der Waals surface area contributed by atoms with E-state index in [0.29, 0.717) is 0 Å². The number of carbonyl (C=O) groups excluding carboxylic acids is 1. The number of esters is 1. The third-order valence-electron chi connectivity index (χ3n) is 2.19. The normalized spacial score (nSPS) is 11.2. The molecule has 0 aliphatic heterocycles. The first kappa shape index (κ1) is 15.1. The summed E-state index contributed by atoms with van der Waals surface area (Å²) >= 11 is 0. The maximum Gasteiger partial charge on any atom is 0.573 e. The molecular formula is C12H13F3O4. The molecule has 0 spiro atoms. The van der Waals surface area contributed by atoms with E-state index in [1.807, 2.05) is 0 Å². The average molecular weight is 278 g/mol. The second kappa shape index (κ2) is 6.31. The van der Waals surface area contributed by atoms with Crippen molar-refractivity contribution in [1.29, 1.82) is 0 Å². The number of rotatable bonds is 5. The Morgan fingerprint density at radius 3 is 2.63 bits per heavy atom. The molecule has 1 aromatic rings. The first-order chi connectivity index (χ1) is 8.81. The number of alkyl halides is 3. The SMILES string of the molecule is CCOC(=O)CCc1cc(OC(F)(F)F)ccc1O. The van der Waals surface area contributed by atoms with Crippen LogP contribution in [0.1, 0.15) is 18.9 Å². The molecule has 0 aromatic heterocycles. The first-order valence-corrected chi connectivity index (χ1v) is 5.55. The highest BCUT2D eigenvalue weighted by Crippen LogP contribution is 2.28. The van der Waals surface area contributed by atoms with Crippen molar-refractivity contribution in [2.45, 2.75) is 26.1 Å². The van der Waals surface area contributed by atoms with Crippen LogP contribution in [0.4, 0.5) is 13.2 Å². The van der Waals surface area contributed by atoms with Crippen LogP contribution >= 0.6 is 0 Å². The Morgan fingerprint density at radius 1 is 1.37 bits per heavy atom. The Hall–Kier alpha value is -1.92. The lowest BCUT2D eigenvalue weighted by Gasteiger charge is -2.11. The Bertz CT molecular complexity index is 443. The second-order valence-corrected chi connectivity index (χ2v) is 3.64. The molecule has 0 radical (unpaired) electrons. The number of ether oxygens (including phenoxy) is 2. The summed E-state index contributed by atoms with van der Waals surface area (Å²) in [5, 5.41) is 9.49. The van der Waals surface area contributed by atoms with Crippen molar-refractivity contribution in [3.63, 3.8) is 0 Å². The van der Waals surface area contributed by atoms with Gasteiger partial charge in [0.05, 0.1) is 6.61 Å². The maximum absolute atomic E-state index is 12.0. The van der Waals surface area contributed by atoms with Crippen molar-refractivity contribution in [2.75, 3.05) is 6.61 Å². The fraction of sp³-hybridized carbons (Fsp3) is 0.417. The molecule has 1 aromatic carbocycles. The molecule has 1 N–H and O–H groups in total. The second-order valence-electron chi connectivity index (χ2n) is 3.64. The van der Waals surface area contributed by atoms with Crippen molar-refractivity contribution in [2.24, 2.45) is 0 Å². The molecule has 106 valence electrons. The van der Waals surface area contributed by atoms with E-state index in [-0.39, 0.29) is 30.8 Å². The van der Waals surface area contributed by atoms with E-state index in [2.05, 4.69) is 9.47 Å². The molecule has 0 amide bonds. The zero-order valence-corrected chi connectivity index (χ0v) is 10.2. The van der Waals surface area contributed by atoms with Crippen LogP contribution < -0.4 is 4.74 Å². The van der Waals surface area contributed by atoms with E-state index in [1.165, 1.54) is 0 Å². The summed E-state index contributed by atoms with van der Waals surface area (Å²) in [4.78, 5) is 11.1. The molecule has 0 saturated carbocycles. The number of hydrogen-bond acceptors (Lipinski definition) is 4. The van der Waals surface area contributed by atoms with Gasteiger partial charge in [-0.05, 0) is 37.1 Å². The van der Waals surface area contributed by atoms with Crippen molar-refractivity contribution in [1.82, 2.24) is 0 Å². The van der Waals surface area contributed by atoms with Crippen LogP contribution in [0.3, 0.4) is 0 Å². The minimum absolute atomic E-state index is 0.0309. The van der Waals surface area contributed by atoms with Crippen molar-refractivity contribution in [3.05, 3.63) is 23.8 Å². The Labute approximate surface area is 107 Å². The summed E-state index contributed by atoms with van der Waals surface area (Å²) in [5.41, 5.74) is 0.190. The summed E-state index contributed by atoms with van der Waals surface area (Å²) in [6, 6.07) is 3.13. The van der Waals surface area contributed by atoms with Gasteiger partial charge in [0.2, 0.25) is 0 Å². The number of benzene rings is 1. The lowest BCUT2D eigenvalue weighted by Crippen LogP contribution is -2.17. The highest BCUT2D eigenvalue weighted by atomic mass is 19.4. The van der Waals surface area contributed by atoms with Crippen LogP contribution in [0.2, 0.25) is 0 Å².